The zero-order chi connectivity index (χ0) is 37.9. The van der Waals surface area contributed by atoms with Gasteiger partial charge < -0.3 is 10.5 Å². The van der Waals surface area contributed by atoms with Crippen molar-refractivity contribution < 1.29 is 40.6 Å². The third-order valence-electron chi connectivity index (χ3n) is 9.81. The van der Waals surface area contributed by atoms with Gasteiger partial charge >= 0.3 is 18.3 Å². The minimum Gasteiger partial charge on any atom is -0.480 e. The molecular formula is C37H36F7N5O2S. The first-order valence-corrected chi connectivity index (χ1v) is 17.2. The summed E-state index contributed by atoms with van der Waals surface area (Å²) >= 11 is 4.11. The van der Waals surface area contributed by atoms with Gasteiger partial charge in [-0.3, -0.25) is 9.58 Å². The number of carboxylic acids is 1. The number of aryl methyl sites for hydroxylation is 2. The van der Waals surface area contributed by atoms with E-state index < -0.39 is 46.8 Å². The number of aliphatic carboxylic acids is 1. The van der Waals surface area contributed by atoms with E-state index in [0.29, 0.717) is 46.8 Å². The molecule has 0 saturated carbocycles. The molecule has 0 saturated heterocycles. The Balaban J connectivity index is 1.56. The van der Waals surface area contributed by atoms with E-state index in [2.05, 4.69) is 18.1 Å². The van der Waals surface area contributed by atoms with Crippen molar-refractivity contribution in [3.8, 4) is 16.9 Å². The van der Waals surface area contributed by atoms with Gasteiger partial charge in [-0.2, -0.15) is 44.1 Å². The summed E-state index contributed by atoms with van der Waals surface area (Å²) in [6, 6.07) is 11.0. The third-order valence-corrected chi connectivity index (χ3v) is 10.2. The molecule has 2 N–H and O–H groups in total. The molecule has 15 heteroatoms. The number of carboxylic acid groups (broad SMARTS) is 1. The maximum absolute atomic E-state index is 15.6. The van der Waals surface area contributed by atoms with Crippen molar-refractivity contribution in [3.05, 3.63) is 106 Å². The Morgan fingerprint density at radius 2 is 1.65 bits per heavy atom. The number of benzene rings is 3. The summed E-state index contributed by atoms with van der Waals surface area (Å²) in [4.78, 5) is 13.5. The van der Waals surface area contributed by atoms with Crippen LogP contribution in [0.25, 0.3) is 27.8 Å². The molecular weight excluding hydrogens is 711 g/mol. The van der Waals surface area contributed by atoms with E-state index >= 15 is 4.39 Å². The molecule has 3 heterocycles. The monoisotopic (exact) mass is 747 g/mol. The average Bonchev–Trinajstić information content (AvgIpc) is 3.74. The van der Waals surface area contributed by atoms with E-state index in [1.807, 2.05) is 36.7 Å². The summed E-state index contributed by atoms with van der Waals surface area (Å²) in [5, 5.41) is 15.2. The maximum atomic E-state index is 15.6. The van der Waals surface area contributed by atoms with Crippen LogP contribution < -0.4 is 5.43 Å². The fraction of sp³-hybridized carbons (Fsp3) is 0.351. The number of carbonyl (C=O) groups is 1. The Hall–Kier alpha value is -4.50. The molecule has 1 unspecified atom stereocenters. The molecule has 5 aromatic rings. The zero-order valence-corrected chi connectivity index (χ0v) is 29.5. The first-order chi connectivity index (χ1) is 24.4. The van der Waals surface area contributed by atoms with Crippen LogP contribution in [0.5, 0.6) is 0 Å². The van der Waals surface area contributed by atoms with Crippen molar-refractivity contribution in [1.29, 1.82) is 0 Å². The van der Waals surface area contributed by atoms with Crippen molar-refractivity contribution in [2.75, 3.05) is 11.2 Å². The molecule has 0 aliphatic carbocycles. The molecule has 1 aliphatic rings. The van der Waals surface area contributed by atoms with E-state index in [1.165, 1.54) is 16.9 Å². The Bertz CT molecular complexity index is 2150. The van der Waals surface area contributed by atoms with Gasteiger partial charge in [-0.05, 0) is 73.7 Å². The minimum absolute atomic E-state index is 0.0696. The lowest BCUT2D eigenvalue weighted by Crippen LogP contribution is -2.36. The number of para-hydroxylation sites is 1. The van der Waals surface area contributed by atoms with Crippen LogP contribution in [0.15, 0.2) is 60.8 Å². The lowest BCUT2D eigenvalue weighted by molar-refractivity contribution is -0.144. The van der Waals surface area contributed by atoms with E-state index in [9.17, 15) is 36.2 Å². The second kappa shape index (κ2) is 13.5. The fourth-order valence-electron chi connectivity index (χ4n) is 7.04. The van der Waals surface area contributed by atoms with Gasteiger partial charge in [0, 0.05) is 41.6 Å². The number of halogens is 7. The molecule has 0 bridgehead atoms. The van der Waals surface area contributed by atoms with Crippen LogP contribution in [-0.4, -0.2) is 42.2 Å². The first-order valence-electron chi connectivity index (χ1n) is 16.6. The van der Waals surface area contributed by atoms with Gasteiger partial charge in [0.2, 0.25) is 0 Å². The SMILES string of the molecule is CCc1cccc(CC)c1-n1nc2c(c1-c1ccc(F)c3c1ccn3NC(CS)C(=O)O)CN(Cc1ccc(C(F)(F)F)cc1C(F)(F)F)C2(C)C. The summed E-state index contributed by atoms with van der Waals surface area (Å²) in [6.07, 6.45) is -7.19. The highest BCUT2D eigenvalue weighted by Crippen LogP contribution is 2.47. The van der Waals surface area contributed by atoms with E-state index in [0.717, 1.165) is 22.9 Å². The first kappa shape index (κ1) is 37.3. The number of aromatic nitrogens is 3. The van der Waals surface area contributed by atoms with Crippen LogP contribution in [0.2, 0.25) is 0 Å². The van der Waals surface area contributed by atoms with Crippen LogP contribution in [0.1, 0.15) is 66.8 Å². The Morgan fingerprint density at radius 3 is 2.23 bits per heavy atom. The number of nitrogens with zero attached hydrogens (tertiary/aromatic N) is 4. The van der Waals surface area contributed by atoms with Crippen LogP contribution in [0.3, 0.4) is 0 Å². The summed E-state index contributed by atoms with van der Waals surface area (Å²) in [7, 11) is 0. The van der Waals surface area contributed by atoms with Crippen molar-refractivity contribution in [2.45, 2.75) is 77.6 Å². The lowest BCUT2D eigenvalue weighted by atomic mass is 9.96. The standard InChI is InChI=1S/C37H36F7N5O2S/c1-5-20-8-7-9-21(6-2)30(20)49-31(24-12-13-28(38)32-25(24)14-15-48(32)45-29(19-52)34(50)51)26-18-47(35(3,4)33(26)46-49)17-22-10-11-23(36(39,40)41)16-27(22)37(42,43)44/h7-16,29,45,52H,5-6,17-19H2,1-4H3,(H,50,51). The van der Waals surface area contributed by atoms with Gasteiger partial charge in [-0.15, -0.1) is 0 Å². The van der Waals surface area contributed by atoms with Gasteiger partial charge in [-0.1, -0.05) is 38.1 Å². The number of thiol groups is 1. The topological polar surface area (TPSA) is 75.3 Å². The molecule has 2 aromatic heterocycles. The van der Waals surface area contributed by atoms with Gasteiger partial charge in [0.25, 0.3) is 0 Å². The van der Waals surface area contributed by atoms with E-state index in [1.54, 1.807) is 30.9 Å². The maximum Gasteiger partial charge on any atom is 0.416 e. The molecule has 276 valence electrons. The molecule has 0 radical (unpaired) electrons. The quantitative estimate of drug-likeness (QED) is 0.0983. The number of rotatable bonds is 10. The third kappa shape index (κ3) is 6.42. The lowest BCUT2D eigenvalue weighted by Gasteiger charge is -2.33. The number of alkyl halides is 6. The molecule has 0 spiro atoms. The van der Waals surface area contributed by atoms with E-state index in [-0.39, 0.29) is 36.0 Å². The molecule has 1 atom stereocenters. The van der Waals surface area contributed by atoms with Gasteiger partial charge in [-0.25, -0.2) is 13.9 Å². The van der Waals surface area contributed by atoms with E-state index in [4.69, 9.17) is 5.10 Å². The van der Waals surface area contributed by atoms with Crippen molar-refractivity contribution in [3.63, 3.8) is 0 Å². The van der Waals surface area contributed by atoms with Gasteiger partial charge in [0.15, 0.2) is 0 Å². The highest BCUT2D eigenvalue weighted by atomic mass is 32.1. The fourth-order valence-corrected chi connectivity index (χ4v) is 7.28. The molecule has 6 rings (SSSR count). The number of hydrogen-bond donors (Lipinski definition) is 3. The Kier molecular flexibility index (Phi) is 9.66. The summed E-state index contributed by atoms with van der Waals surface area (Å²) < 4.78 is 102. The second-order valence-electron chi connectivity index (χ2n) is 13.2. The molecule has 7 nitrogen and oxygen atoms in total. The van der Waals surface area contributed by atoms with Crippen molar-refractivity contribution in [1.82, 2.24) is 19.4 Å². The number of nitrogens with one attached hydrogen (secondary N) is 1. The summed E-state index contributed by atoms with van der Waals surface area (Å²) in [5.41, 5.74) is 3.87. The van der Waals surface area contributed by atoms with Crippen LogP contribution in [0.4, 0.5) is 30.7 Å². The largest absolute Gasteiger partial charge is 0.480 e. The average molecular weight is 748 g/mol. The van der Waals surface area contributed by atoms with Crippen molar-refractivity contribution in [2.24, 2.45) is 0 Å². The van der Waals surface area contributed by atoms with Gasteiger partial charge in [0.1, 0.15) is 17.4 Å². The molecule has 3 aromatic carbocycles. The summed E-state index contributed by atoms with van der Waals surface area (Å²) in [6.45, 7) is 7.35. The van der Waals surface area contributed by atoms with Crippen LogP contribution in [0, 0.1) is 5.82 Å². The van der Waals surface area contributed by atoms with Gasteiger partial charge in [0.05, 0.1) is 33.7 Å². The highest BCUT2D eigenvalue weighted by Gasteiger charge is 2.45. The normalized spacial score (nSPS) is 15.3. The smallest absolute Gasteiger partial charge is 0.416 e. The molecule has 0 amide bonds. The predicted octanol–water partition coefficient (Wildman–Crippen LogP) is 8.97. The summed E-state index contributed by atoms with van der Waals surface area (Å²) in [5.74, 6) is -1.89. The molecule has 52 heavy (non-hydrogen) atoms. The van der Waals surface area contributed by atoms with Crippen LogP contribution in [-0.2, 0) is 48.6 Å². The molecule has 1 aliphatic heterocycles. The highest BCUT2D eigenvalue weighted by molar-refractivity contribution is 7.80. The van der Waals surface area contributed by atoms with Crippen molar-refractivity contribution >= 4 is 29.5 Å². The Morgan fingerprint density at radius 1 is 0.981 bits per heavy atom. The molecule has 0 fully saturated rings. The minimum atomic E-state index is -5.04. The van der Waals surface area contributed by atoms with Crippen LogP contribution >= 0.6 is 12.6 Å². The predicted molar refractivity (Wildman–Crippen MR) is 187 cm³/mol. The number of fused-ring (bicyclic) bond motifs is 2. The second-order valence-corrected chi connectivity index (χ2v) is 13.6. The number of hydrogen-bond acceptors (Lipinski definition) is 5. The Labute approximate surface area is 300 Å². The zero-order valence-electron chi connectivity index (χ0n) is 28.6.